The molecule has 0 spiro atoms. The molecule has 3 N–H and O–H groups in total. The molecular weight excluding hydrogens is 628 g/mol. The molecule has 0 saturated heterocycles. The van der Waals surface area contributed by atoms with E-state index in [1.54, 1.807) is 42.5 Å². The van der Waals surface area contributed by atoms with Crippen LogP contribution in [0.4, 0.5) is 4.39 Å². The number of hydrogen-bond acceptors (Lipinski definition) is 12. The van der Waals surface area contributed by atoms with Gasteiger partial charge in [0, 0.05) is 6.54 Å². The van der Waals surface area contributed by atoms with Gasteiger partial charge in [-0.2, -0.15) is 0 Å². The first-order valence-electron chi connectivity index (χ1n) is 12.5. The van der Waals surface area contributed by atoms with Gasteiger partial charge in [0.05, 0.1) is 46.5 Å². The van der Waals surface area contributed by atoms with E-state index in [2.05, 4.69) is 25.3 Å². The van der Waals surface area contributed by atoms with E-state index in [0.29, 0.717) is 33.0 Å². The molecule has 0 fully saturated rings. The minimum absolute atomic E-state index is 0.0519. The number of nitrogens with one attached hydrogen (secondary N) is 1. The normalized spacial score (nSPS) is 12.9. The lowest BCUT2D eigenvalue weighted by Crippen LogP contribution is -2.37. The van der Waals surface area contributed by atoms with Crippen LogP contribution in [0, 0.1) is 0 Å². The Hall–Kier alpha value is -4.00. The fourth-order valence-corrected chi connectivity index (χ4v) is 6.73. The summed E-state index contributed by atoms with van der Waals surface area (Å²) in [7, 11) is -4.59. The van der Waals surface area contributed by atoms with E-state index in [9.17, 15) is 26.6 Å². The van der Waals surface area contributed by atoms with Gasteiger partial charge in [0.25, 0.3) is 15.9 Å². The number of esters is 1. The van der Waals surface area contributed by atoms with Crippen molar-refractivity contribution in [3.8, 4) is 11.5 Å². The van der Waals surface area contributed by atoms with Crippen molar-refractivity contribution in [2.45, 2.75) is 28.5 Å². The van der Waals surface area contributed by atoms with Gasteiger partial charge in [-0.15, -0.1) is 16.4 Å². The summed E-state index contributed by atoms with van der Waals surface area (Å²) in [4.78, 5) is 28.6. The minimum atomic E-state index is -3.95. The fraction of sp³-hybridized carbons (Fsp3) is 0.320. The van der Waals surface area contributed by atoms with E-state index in [1.807, 2.05) is 0 Å². The molecule has 2 aromatic heterocycles. The largest absolute Gasteiger partial charge is 0.491 e. The Balaban J connectivity index is 1.49. The standard InChI is InChI=1S/C25H27FN6O8S3/c1-38-22(33)7-9-28-23(34)24(42(35)15-16-3-2-4-18(11-16)39-10-8-26)32-13-17(30-31-32)14-40-19-5-6-20-21(12-19)41-25(29-20)43(27,36)37/h2-6,11-13,24H,7-10,14-15H2,1H3,(H,28,34)(H2,27,36,37)/t24-,42?/m0/s1. The minimum Gasteiger partial charge on any atom is -0.491 e. The van der Waals surface area contributed by atoms with Crippen LogP contribution in [0.25, 0.3) is 10.2 Å². The zero-order valence-electron chi connectivity index (χ0n) is 22.7. The van der Waals surface area contributed by atoms with Gasteiger partial charge >= 0.3 is 5.97 Å². The van der Waals surface area contributed by atoms with E-state index in [0.717, 1.165) is 16.0 Å². The van der Waals surface area contributed by atoms with Crippen LogP contribution < -0.4 is 19.9 Å². The first-order valence-corrected chi connectivity index (χ1v) is 16.3. The Morgan fingerprint density at radius 2 is 1.98 bits per heavy atom. The summed E-state index contributed by atoms with van der Waals surface area (Å²) in [5.74, 6) is -0.472. The van der Waals surface area contributed by atoms with Gasteiger partial charge in [-0.3, -0.25) is 13.8 Å². The number of primary sulfonamides is 1. The summed E-state index contributed by atoms with van der Waals surface area (Å²) in [5.41, 5.74) is 1.32. The predicted molar refractivity (Wildman–Crippen MR) is 154 cm³/mol. The van der Waals surface area contributed by atoms with Crippen molar-refractivity contribution in [3.63, 3.8) is 0 Å². The van der Waals surface area contributed by atoms with Gasteiger partial charge in [0.1, 0.15) is 37.1 Å². The highest BCUT2D eigenvalue weighted by atomic mass is 32.2. The number of benzene rings is 2. The van der Waals surface area contributed by atoms with Crippen molar-refractivity contribution in [1.82, 2.24) is 25.3 Å². The van der Waals surface area contributed by atoms with Gasteiger partial charge in [0.15, 0.2) is 0 Å². The third kappa shape index (κ3) is 8.76. The van der Waals surface area contributed by atoms with Crippen LogP contribution >= 0.6 is 11.3 Å². The lowest BCUT2D eigenvalue weighted by Gasteiger charge is -2.17. The highest BCUT2D eigenvalue weighted by Crippen LogP contribution is 2.28. The van der Waals surface area contributed by atoms with Crippen molar-refractivity contribution in [1.29, 1.82) is 0 Å². The molecule has 0 aliphatic rings. The molecule has 0 radical (unpaired) electrons. The van der Waals surface area contributed by atoms with Gasteiger partial charge in [-0.05, 0) is 35.9 Å². The number of amides is 1. The third-order valence-electron chi connectivity index (χ3n) is 5.65. The second kappa shape index (κ2) is 14.5. The zero-order valence-corrected chi connectivity index (χ0v) is 25.1. The summed E-state index contributed by atoms with van der Waals surface area (Å²) < 4.78 is 66.3. The second-order valence-electron chi connectivity index (χ2n) is 8.81. The number of halogens is 1. The predicted octanol–water partition coefficient (Wildman–Crippen LogP) is 1.59. The molecule has 0 aliphatic heterocycles. The smallest absolute Gasteiger partial charge is 0.307 e. The Morgan fingerprint density at radius 3 is 2.72 bits per heavy atom. The van der Waals surface area contributed by atoms with E-state index in [4.69, 9.17) is 14.6 Å². The Morgan fingerprint density at radius 1 is 1.19 bits per heavy atom. The first-order chi connectivity index (χ1) is 20.6. The maximum atomic E-state index is 13.5. The molecule has 1 unspecified atom stereocenters. The number of carbonyl (C=O) groups is 2. The monoisotopic (exact) mass is 654 g/mol. The lowest BCUT2D eigenvalue weighted by atomic mass is 10.2. The molecular formula is C25H27FN6O8S3. The number of methoxy groups -OCH3 is 1. The van der Waals surface area contributed by atoms with Gasteiger partial charge < -0.3 is 19.5 Å². The number of aromatic nitrogens is 4. The molecule has 0 saturated carbocycles. The van der Waals surface area contributed by atoms with Crippen LogP contribution in [0.3, 0.4) is 0 Å². The molecule has 230 valence electrons. The van der Waals surface area contributed by atoms with E-state index >= 15 is 0 Å². The highest BCUT2D eigenvalue weighted by Gasteiger charge is 2.29. The molecule has 2 heterocycles. The maximum absolute atomic E-state index is 13.5. The first kappa shape index (κ1) is 31.9. The molecule has 0 aliphatic carbocycles. The quantitative estimate of drug-likeness (QED) is 0.177. The summed E-state index contributed by atoms with van der Waals surface area (Å²) in [6.07, 6.45) is 1.32. The number of fused-ring (bicyclic) bond motifs is 1. The van der Waals surface area contributed by atoms with Crippen LogP contribution in [0.15, 0.2) is 53.0 Å². The van der Waals surface area contributed by atoms with Crippen LogP contribution in [0.5, 0.6) is 11.5 Å². The Bertz CT molecular complexity index is 1730. The van der Waals surface area contributed by atoms with Crippen molar-refractivity contribution < 1.29 is 40.8 Å². The van der Waals surface area contributed by atoms with Gasteiger partial charge in [0.2, 0.25) is 9.71 Å². The average Bonchev–Trinajstić information content (AvgIpc) is 3.62. The summed E-state index contributed by atoms with van der Waals surface area (Å²) in [6, 6.07) is 11.4. The number of rotatable bonds is 15. The lowest BCUT2D eigenvalue weighted by molar-refractivity contribution is -0.140. The Labute approximate surface area is 251 Å². The summed E-state index contributed by atoms with van der Waals surface area (Å²) in [5, 5.41) is 14.4. The van der Waals surface area contributed by atoms with Crippen LogP contribution in [-0.2, 0) is 47.5 Å². The number of hydrogen-bond donors (Lipinski definition) is 2. The number of sulfonamides is 1. The van der Waals surface area contributed by atoms with Gasteiger partial charge in [-0.1, -0.05) is 17.3 Å². The molecule has 18 heteroatoms. The van der Waals surface area contributed by atoms with Crippen molar-refractivity contribution >= 4 is 54.3 Å². The molecule has 4 aromatic rings. The number of nitrogens with two attached hydrogens (primary N) is 1. The van der Waals surface area contributed by atoms with Crippen LogP contribution in [-0.4, -0.2) is 71.4 Å². The van der Waals surface area contributed by atoms with E-state index < -0.39 is 44.7 Å². The topological polar surface area (TPSA) is 195 Å². The number of ether oxygens (including phenoxy) is 3. The molecule has 14 nitrogen and oxygen atoms in total. The molecule has 2 aromatic carbocycles. The van der Waals surface area contributed by atoms with Crippen molar-refractivity contribution in [2.24, 2.45) is 5.14 Å². The third-order valence-corrected chi connectivity index (χ3v) is 9.53. The molecule has 2 atom stereocenters. The number of alkyl halides is 1. The SMILES string of the molecule is COC(=O)CCNC(=O)[C@@H](n1cc(COc2ccc3nc(S(N)(=O)=O)sc3c2)nn1)S(=O)Cc1cccc(OCCF)c1. The molecule has 43 heavy (non-hydrogen) atoms. The highest BCUT2D eigenvalue weighted by molar-refractivity contribution is 7.91. The van der Waals surface area contributed by atoms with E-state index in [1.165, 1.54) is 13.3 Å². The number of carbonyl (C=O) groups excluding carboxylic acids is 2. The van der Waals surface area contributed by atoms with Crippen LogP contribution in [0.2, 0.25) is 0 Å². The van der Waals surface area contributed by atoms with Crippen LogP contribution in [0.1, 0.15) is 23.1 Å². The average molecular weight is 655 g/mol. The van der Waals surface area contributed by atoms with Crippen molar-refractivity contribution in [3.05, 3.63) is 59.9 Å². The number of nitrogens with zero attached hydrogens (tertiary/aromatic N) is 4. The zero-order chi connectivity index (χ0) is 31.0. The Kier molecular flexibility index (Phi) is 10.7. The fourth-order valence-electron chi connectivity index (χ4n) is 3.71. The van der Waals surface area contributed by atoms with Crippen molar-refractivity contribution in [2.75, 3.05) is 26.9 Å². The maximum Gasteiger partial charge on any atom is 0.307 e. The van der Waals surface area contributed by atoms with E-state index in [-0.39, 0.29) is 36.3 Å². The summed E-state index contributed by atoms with van der Waals surface area (Å²) >= 11 is 0.901. The molecule has 0 bridgehead atoms. The second-order valence-corrected chi connectivity index (χ2v) is 13.1. The summed E-state index contributed by atoms with van der Waals surface area (Å²) in [6.45, 7) is -0.925. The van der Waals surface area contributed by atoms with Gasteiger partial charge in [-0.25, -0.2) is 27.6 Å². The molecule has 4 rings (SSSR count). The number of thiazole rings is 1. The molecule has 1 amide bonds.